The molecule has 0 amide bonds. The summed E-state index contributed by atoms with van der Waals surface area (Å²) in [5.74, 6) is -2.16. The summed E-state index contributed by atoms with van der Waals surface area (Å²) in [5.41, 5.74) is 0. The van der Waals surface area contributed by atoms with E-state index in [0.29, 0.717) is 25.7 Å². The van der Waals surface area contributed by atoms with Crippen molar-refractivity contribution in [3.63, 3.8) is 0 Å². The molecule has 2 unspecified atom stereocenters. The fourth-order valence-electron chi connectivity index (χ4n) is 11.5. The number of carbonyl (C=O) groups is 4. The Morgan fingerprint density at radius 2 is 0.490 bits per heavy atom. The standard InChI is InChI=1S/C81H150O17P2/c1-5-9-13-17-21-25-29-33-37-41-45-49-53-57-61-65-78(83)91-71-76(97-80(85)67-63-59-55-51-47-43-39-35-31-27-23-19-15-11-7-3)73-95-99(87,88)93-69-75(82)70-94-100(89,90)96-74-77(98-81(86)68-64-60-56-52-48-44-40-36-32-28-24-20-16-12-8-4)72-92-79(84)66-62-58-54-50-46-42-38-34-30-26-22-18-14-10-6-2/h21,25-26,28,30,32-33,37,75-77,82H,5-20,22-24,27,29,31,34-36,38-74H2,1-4H3,(H,87,88)(H,89,90)/b25-21-,30-26-,32-28-,37-33-/t75-,76-,77-/m1/s1. The molecule has 0 saturated carbocycles. The molecular formula is C81H150O17P2. The van der Waals surface area contributed by atoms with Gasteiger partial charge in [0.15, 0.2) is 12.2 Å². The van der Waals surface area contributed by atoms with Gasteiger partial charge in [-0.05, 0) is 109 Å². The van der Waals surface area contributed by atoms with Crippen LogP contribution in [0, 0.1) is 0 Å². The van der Waals surface area contributed by atoms with Crippen LogP contribution < -0.4 is 0 Å². The number of aliphatic hydroxyl groups is 1. The van der Waals surface area contributed by atoms with E-state index in [1.54, 1.807) is 0 Å². The van der Waals surface area contributed by atoms with Crippen LogP contribution in [0.3, 0.4) is 0 Å². The topological polar surface area (TPSA) is 237 Å². The second-order valence-electron chi connectivity index (χ2n) is 27.7. The van der Waals surface area contributed by atoms with Crippen molar-refractivity contribution < 1.29 is 80.2 Å². The van der Waals surface area contributed by atoms with Gasteiger partial charge in [-0.3, -0.25) is 37.3 Å². The molecule has 0 saturated heterocycles. The summed E-state index contributed by atoms with van der Waals surface area (Å²) in [5, 5.41) is 10.6. The molecule has 0 aliphatic heterocycles. The first-order chi connectivity index (χ1) is 48.7. The van der Waals surface area contributed by atoms with Gasteiger partial charge in [0.2, 0.25) is 0 Å². The molecule has 19 heteroatoms. The van der Waals surface area contributed by atoms with Crippen molar-refractivity contribution in [3.05, 3.63) is 48.6 Å². The Balaban J connectivity index is 5.33. The number of ether oxygens (including phenoxy) is 4. The molecule has 3 N–H and O–H groups in total. The highest BCUT2D eigenvalue weighted by Gasteiger charge is 2.30. The molecular weight excluding hydrogens is 1310 g/mol. The number of phosphoric acid groups is 2. The van der Waals surface area contributed by atoms with Crippen molar-refractivity contribution in [3.8, 4) is 0 Å². The van der Waals surface area contributed by atoms with E-state index in [4.69, 9.17) is 37.0 Å². The van der Waals surface area contributed by atoms with Crippen molar-refractivity contribution in [2.24, 2.45) is 0 Å². The summed E-state index contributed by atoms with van der Waals surface area (Å²) < 4.78 is 68.7. The molecule has 5 atom stereocenters. The Hall–Kier alpha value is -2.98. The van der Waals surface area contributed by atoms with Gasteiger partial charge in [-0.2, -0.15) is 0 Å². The lowest BCUT2D eigenvalue weighted by Gasteiger charge is -2.21. The third kappa shape index (κ3) is 73.3. The molecule has 0 aromatic rings. The number of phosphoric ester groups is 2. The van der Waals surface area contributed by atoms with E-state index in [1.165, 1.54) is 148 Å². The van der Waals surface area contributed by atoms with Crippen molar-refractivity contribution in [1.29, 1.82) is 0 Å². The van der Waals surface area contributed by atoms with Gasteiger partial charge in [-0.25, -0.2) is 9.13 Å². The van der Waals surface area contributed by atoms with E-state index >= 15 is 0 Å². The van der Waals surface area contributed by atoms with E-state index in [1.807, 2.05) is 0 Å². The van der Waals surface area contributed by atoms with Crippen LogP contribution >= 0.6 is 15.6 Å². The van der Waals surface area contributed by atoms with E-state index in [2.05, 4.69) is 76.3 Å². The van der Waals surface area contributed by atoms with Crippen LogP contribution in [0.1, 0.15) is 387 Å². The van der Waals surface area contributed by atoms with E-state index in [0.717, 1.165) is 161 Å². The number of unbranched alkanes of at least 4 members (excludes halogenated alkanes) is 44. The molecule has 0 aromatic heterocycles. The maximum Gasteiger partial charge on any atom is 0.472 e. The van der Waals surface area contributed by atoms with Crippen LogP contribution in [0.25, 0.3) is 0 Å². The first-order valence-electron chi connectivity index (χ1n) is 40.9. The second kappa shape index (κ2) is 74.3. The van der Waals surface area contributed by atoms with Gasteiger partial charge in [-0.15, -0.1) is 0 Å². The second-order valence-corrected chi connectivity index (χ2v) is 30.6. The summed E-state index contributed by atoms with van der Waals surface area (Å²) in [6.45, 7) is 4.89. The number of allylic oxidation sites excluding steroid dienone is 8. The largest absolute Gasteiger partial charge is 0.472 e. The minimum atomic E-state index is -4.97. The summed E-state index contributed by atoms with van der Waals surface area (Å²) in [7, 11) is -9.94. The number of aliphatic hydroxyl groups excluding tert-OH is 1. The van der Waals surface area contributed by atoms with Crippen molar-refractivity contribution in [2.45, 2.75) is 406 Å². The summed E-state index contributed by atoms with van der Waals surface area (Å²) >= 11 is 0. The van der Waals surface area contributed by atoms with Crippen LogP contribution in [0.15, 0.2) is 48.6 Å². The first kappa shape index (κ1) is 97.0. The Morgan fingerprint density at radius 3 is 0.780 bits per heavy atom. The van der Waals surface area contributed by atoms with Gasteiger partial charge in [0.1, 0.15) is 19.3 Å². The molecule has 0 radical (unpaired) electrons. The average Bonchev–Trinajstić information content (AvgIpc) is 1.01. The maximum absolute atomic E-state index is 13.1. The van der Waals surface area contributed by atoms with E-state index in [9.17, 15) is 43.2 Å². The molecule has 0 fully saturated rings. The minimum Gasteiger partial charge on any atom is -0.462 e. The van der Waals surface area contributed by atoms with Crippen molar-refractivity contribution in [1.82, 2.24) is 0 Å². The number of esters is 4. The molecule has 0 bridgehead atoms. The average molecular weight is 1460 g/mol. The van der Waals surface area contributed by atoms with Gasteiger partial charge in [0, 0.05) is 25.7 Å². The van der Waals surface area contributed by atoms with Crippen LogP contribution in [0.5, 0.6) is 0 Å². The predicted octanol–water partition coefficient (Wildman–Crippen LogP) is 23.7. The Bertz CT molecular complexity index is 2080. The molecule has 0 spiro atoms. The monoisotopic (exact) mass is 1460 g/mol. The summed E-state index contributed by atoms with van der Waals surface area (Å²) in [4.78, 5) is 73.0. The Morgan fingerprint density at radius 1 is 0.280 bits per heavy atom. The molecule has 0 aliphatic rings. The molecule has 0 aromatic carbocycles. The highest BCUT2D eigenvalue weighted by molar-refractivity contribution is 7.47. The zero-order chi connectivity index (χ0) is 73.2. The van der Waals surface area contributed by atoms with Crippen LogP contribution in [-0.4, -0.2) is 96.7 Å². The number of carbonyl (C=O) groups excluding carboxylic acids is 4. The van der Waals surface area contributed by atoms with E-state index in [-0.39, 0.29) is 25.7 Å². The van der Waals surface area contributed by atoms with Gasteiger partial charge in [-0.1, -0.05) is 301 Å². The highest BCUT2D eigenvalue weighted by Crippen LogP contribution is 2.45. The van der Waals surface area contributed by atoms with E-state index < -0.39 is 97.5 Å². The fourth-order valence-corrected chi connectivity index (χ4v) is 13.1. The zero-order valence-corrected chi connectivity index (χ0v) is 65.9. The van der Waals surface area contributed by atoms with Crippen molar-refractivity contribution >= 4 is 39.5 Å². The molecule has 17 nitrogen and oxygen atoms in total. The van der Waals surface area contributed by atoms with Crippen LogP contribution in [-0.2, 0) is 65.4 Å². The summed E-state index contributed by atoms with van der Waals surface area (Å²) in [6, 6.07) is 0. The van der Waals surface area contributed by atoms with Gasteiger partial charge >= 0.3 is 39.5 Å². The Kier molecular flexibility index (Phi) is 72.1. The molecule has 586 valence electrons. The summed E-state index contributed by atoms with van der Waals surface area (Å²) in [6.07, 6.45) is 72.1. The van der Waals surface area contributed by atoms with Gasteiger partial charge < -0.3 is 33.8 Å². The highest BCUT2D eigenvalue weighted by atomic mass is 31.2. The third-order valence-electron chi connectivity index (χ3n) is 17.8. The zero-order valence-electron chi connectivity index (χ0n) is 64.1. The number of hydrogen-bond acceptors (Lipinski definition) is 15. The lowest BCUT2D eigenvalue weighted by atomic mass is 10.0. The van der Waals surface area contributed by atoms with Crippen molar-refractivity contribution in [2.75, 3.05) is 39.6 Å². The maximum atomic E-state index is 13.1. The van der Waals surface area contributed by atoms with Gasteiger partial charge in [0.05, 0.1) is 26.4 Å². The van der Waals surface area contributed by atoms with Crippen LogP contribution in [0.2, 0.25) is 0 Å². The Labute approximate surface area is 610 Å². The van der Waals surface area contributed by atoms with Crippen LogP contribution in [0.4, 0.5) is 0 Å². The predicted molar refractivity (Wildman–Crippen MR) is 409 cm³/mol. The molecule has 0 aliphatic carbocycles. The fraction of sp³-hybridized carbons (Fsp3) is 0.852. The third-order valence-corrected chi connectivity index (χ3v) is 19.7. The smallest absolute Gasteiger partial charge is 0.462 e. The van der Waals surface area contributed by atoms with Gasteiger partial charge in [0.25, 0.3) is 0 Å². The number of rotatable bonds is 78. The lowest BCUT2D eigenvalue weighted by Crippen LogP contribution is -2.30. The minimum absolute atomic E-state index is 0.0945. The molecule has 0 heterocycles. The molecule has 0 rings (SSSR count). The first-order valence-corrected chi connectivity index (χ1v) is 43.9. The lowest BCUT2D eigenvalue weighted by molar-refractivity contribution is -0.161. The normalized spacial score (nSPS) is 14.1. The SMILES string of the molecule is CCCCC/C=C\C/C=C\CCCCCCCC(=O)OC[C@H](COP(=O)(O)OC[C@@H](O)COP(=O)(O)OC[C@@H](COC(=O)CCCCCCCCC/C=C\CCCCCC)OC(=O)CCCCCCCCC/C=C\CCCCCC)OC(=O)CCCCCCCCCCCCCCCCC. The number of hydrogen-bond donors (Lipinski definition) is 3. The quantitative estimate of drug-likeness (QED) is 0.0169. The molecule has 100 heavy (non-hydrogen) atoms.